The Bertz CT molecular complexity index is 386. The Morgan fingerprint density at radius 2 is 2.33 bits per heavy atom. The van der Waals surface area contributed by atoms with E-state index in [2.05, 4.69) is 44.3 Å². The minimum Gasteiger partial charge on any atom is -0.488 e. The van der Waals surface area contributed by atoms with Crippen LogP contribution >= 0.6 is 0 Å². The minimum atomic E-state index is 0.223. The van der Waals surface area contributed by atoms with Gasteiger partial charge < -0.3 is 14.8 Å². The van der Waals surface area contributed by atoms with Crippen LogP contribution in [-0.4, -0.2) is 25.9 Å². The van der Waals surface area contributed by atoms with Crippen LogP contribution in [0.4, 0.5) is 0 Å². The molecule has 0 saturated carbocycles. The molecule has 2 rings (SSSR count). The molecule has 0 aromatic heterocycles. The molecule has 0 spiro atoms. The number of hydrogen-bond donors (Lipinski definition) is 1. The number of rotatable bonds is 5. The van der Waals surface area contributed by atoms with Gasteiger partial charge in [-0.2, -0.15) is 0 Å². The predicted molar refractivity (Wildman–Crippen MR) is 73.1 cm³/mol. The van der Waals surface area contributed by atoms with E-state index in [4.69, 9.17) is 9.47 Å². The molecular weight excluding hydrogens is 226 g/mol. The zero-order chi connectivity index (χ0) is 13.0. The normalized spacial score (nSPS) is 20.9. The Morgan fingerprint density at radius 1 is 1.50 bits per heavy atom. The number of nitrogens with one attached hydrogen (secondary N) is 1. The van der Waals surface area contributed by atoms with Gasteiger partial charge in [0.2, 0.25) is 0 Å². The van der Waals surface area contributed by atoms with Crippen molar-refractivity contribution in [3.8, 4) is 5.75 Å². The molecule has 18 heavy (non-hydrogen) atoms. The average Bonchev–Trinajstić information content (AvgIpc) is 2.85. The van der Waals surface area contributed by atoms with Gasteiger partial charge in [-0.05, 0) is 37.6 Å². The van der Waals surface area contributed by atoms with Crippen LogP contribution in [-0.2, 0) is 4.74 Å². The molecule has 100 valence electrons. The van der Waals surface area contributed by atoms with Crippen molar-refractivity contribution in [2.24, 2.45) is 0 Å². The van der Waals surface area contributed by atoms with Crippen LogP contribution < -0.4 is 10.1 Å². The fourth-order valence-corrected chi connectivity index (χ4v) is 2.28. The first-order valence-electron chi connectivity index (χ1n) is 6.79. The van der Waals surface area contributed by atoms with Crippen LogP contribution in [0.15, 0.2) is 18.2 Å². The van der Waals surface area contributed by atoms with Crippen molar-refractivity contribution in [3.05, 3.63) is 29.3 Å². The third-order valence-electron chi connectivity index (χ3n) is 3.39. The van der Waals surface area contributed by atoms with E-state index in [0.29, 0.717) is 6.04 Å². The minimum absolute atomic E-state index is 0.223. The van der Waals surface area contributed by atoms with Crippen molar-refractivity contribution >= 4 is 0 Å². The van der Waals surface area contributed by atoms with Gasteiger partial charge in [-0.1, -0.05) is 19.1 Å². The first-order chi connectivity index (χ1) is 8.70. The maximum absolute atomic E-state index is 5.96. The standard InChI is InChI=1S/C15H23NO2/c1-4-16-12(3)13-5-6-15(11(2)9-13)18-14-7-8-17-10-14/h5-6,9,12,14,16H,4,7-8,10H2,1-3H3. The summed E-state index contributed by atoms with van der Waals surface area (Å²) < 4.78 is 11.3. The molecule has 1 fully saturated rings. The molecule has 0 amide bonds. The SMILES string of the molecule is CCNC(C)c1ccc(OC2CCOC2)c(C)c1. The van der Waals surface area contributed by atoms with Gasteiger partial charge in [0.1, 0.15) is 11.9 Å². The maximum atomic E-state index is 5.96. The van der Waals surface area contributed by atoms with Gasteiger partial charge in [0.15, 0.2) is 0 Å². The summed E-state index contributed by atoms with van der Waals surface area (Å²) in [6.45, 7) is 8.93. The zero-order valence-electron chi connectivity index (χ0n) is 11.5. The highest BCUT2D eigenvalue weighted by atomic mass is 16.5. The topological polar surface area (TPSA) is 30.5 Å². The van der Waals surface area contributed by atoms with Crippen LogP contribution in [0.2, 0.25) is 0 Å². The van der Waals surface area contributed by atoms with Crippen molar-refractivity contribution in [3.63, 3.8) is 0 Å². The summed E-state index contributed by atoms with van der Waals surface area (Å²) in [6.07, 6.45) is 1.22. The van der Waals surface area contributed by atoms with E-state index in [1.54, 1.807) is 0 Å². The van der Waals surface area contributed by atoms with Crippen molar-refractivity contribution in [2.45, 2.75) is 39.3 Å². The summed E-state index contributed by atoms with van der Waals surface area (Å²) in [5.41, 5.74) is 2.51. The second-order valence-electron chi connectivity index (χ2n) is 4.91. The van der Waals surface area contributed by atoms with Crippen molar-refractivity contribution in [1.82, 2.24) is 5.32 Å². The van der Waals surface area contributed by atoms with Crippen LogP contribution in [0.25, 0.3) is 0 Å². The fourth-order valence-electron chi connectivity index (χ4n) is 2.28. The van der Waals surface area contributed by atoms with E-state index >= 15 is 0 Å². The highest BCUT2D eigenvalue weighted by Crippen LogP contribution is 2.25. The van der Waals surface area contributed by atoms with Crippen LogP contribution in [0.5, 0.6) is 5.75 Å². The Kier molecular flexibility index (Phi) is 4.61. The fraction of sp³-hybridized carbons (Fsp3) is 0.600. The number of ether oxygens (including phenoxy) is 2. The lowest BCUT2D eigenvalue weighted by atomic mass is 10.0. The lowest BCUT2D eigenvalue weighted by Gasteiger charge is -2.17. The van der Waals surface area contributed by atoms with Gasteiger partial charge >= 0.3 is 0 Å². The molecular formula is C15H23NO2. The van der Waals surface area contributed by atoms with Gasteiger partial charge in [0.25, 0.3) is 0 Å². The highest BCUT2D eigenvalue weighted by molar-refractivity contribution is 5.37. The van der Waals surface area contributed by atoms with E-state index in [0.717, 1.165) is 31.9 Å². The number of hydrogen-bond acceptors (Lipinski definition) is 3. The predicted octanol–water partition coefficient (Wildman–Crippen LogP) is 2.83. The summed E-state index contributed by atoms with van der Waals surface area (Å²) in [4.78, 5) is 0. The molecule has 3 nitrogen and oxygen atoms in total. The second kappa shape index (κ2) is 6.21. The maximum Gasteiger partial charge on any atom is 0.124 e. The van der Waals surface area contributed by atoms with Crippen molar-refractivity contribution < 1.29 is 9.47 Å². The first-order valence-corrected chi connectivity index (χ1v) is 6.79. The third-order valence-corrected chi connectivity index (χ3v) is 3.39. The third kappa shape index (κ3) is 3.24. The average molecular weight is 249 g/mol. The summed E-state index contributed by atoms with van der Waals surface area (Å²) in [5.74, 6) is 0.984. The molecule has 1 aliphatic rings. The lowest BCUT2D eigenvalue weighted by molar-refractivity contribution is 0.141. The Labute approximate surface area is 109 Å². The van der Waals surface area contributed by atoms with E-state index < -0.39 is 0 Å². The quantitative estimate of drug-likeness (QED) is 0.870. The monoisotopic (exact) mass is 249 g/mol. The van der Waals surface area contributed by atoms with E-state index in [1.807, 2.05) is 0 Å². The molecule has 3 heteroatoms. The number of aryl methyl sites for hydroxylation is 1. The molecule has 1 aromatic carbocycles. The molecule has 1 N–H and O–H groups in total. The van der Waals surface area contributed by atoms with E-state index in [-0.39, 0.29) is 6.10 Å². The molecule has 0 aliphatic carbocycles. The Morgan fingerprint density at radius 3 is 2.94 bits per heavy atom. The van der Waals surface area contributed by atoms with Crippen LogP contribution in [0, 0.1) is 6.92 Å². The van der Waals surface area contributed by atoms with Gasteiger partial charge in [-0.15, -0.1) is 0 Å². The van der Waals surface area contributed by atoms with Crippen LogP contribution in [0.1, 0.15) is 37.4 Å². The molecule has 1 saturated heterocycles. The van der Waals surface area contributed by atoms with Gasteiger partial charge in [-0.25, -0.2) is 0 Å². The molecule has 2 atom stereocenters. The summed E-state index contributed by atoms with van der Waals surface area (Å²) in [5, 5.41) is 3.42. The highest BCUT2D eigenvalue weighted by Gasteiger charge is 2.18. The molecule has 0 bridgehead atoms. The van der Waals surface area contributed by atoms with Gasteiger partial charge in [-0.3, -0.25) is 0 Å². The first kappa shape index (κ1) is 13.4. The molecule has 1 aliphatic heterocycles. The van der Waals surface area contributed by atoms with Gasteiger partial charge in [0, 0.05) is 12.5 Å². The summed E-state index contributed by atoms with van der Waals surface area (Å²) in [6, 6.07) is 6.82. The lowest BCUT2D eigenvalue weighted by Crippen LogP contribution is -2.18. The van der Waals surface area contributed by atoms with Crippen molar-refractivity contribution in [1.29, 1.82) is 0 Å². The Hall–Kier alpha value is -1.06. The molecule has 2 unspecified atom stereocenters. The molecule has 1 aromatic rings. The Balaban J connectivity index is 2.04. The van der Waals surface area contributed by atoms with Gasteiger partial charge in [0.05, 0.1) is 13.2 Å². The van der Waals surface area contributed by atoms with Crippen molar-refractivity contribution in [2.75, 3.05) is 19.8 Å². The summed E-state index contributed by atoms with van der Waals surface area (Å²) >= 11 is 0. The zero-order valence-corrected chi connectivity index (χ0v) is 11.5. The van der Waals surface area contributed by atoms with E-state index in [9.17, 15) is 0 Å². The molecule has 0 radical (unpaired) electrons. The number of benzene rings is 1. The molecule has 1 heterocycles. The second-order valence-corrected chi connectivity index (χ2v) is 4.91. The largest absolute Gasteiger partial charge is 0.488 e. The van der Waals surface area contributed by atoms with Crippen LogP contribution in [0.3, 0.4) is 0 Å². The summed E-state index contributed by atoms with van der Waals surface area (Å²) in [7, 11) is 0. The van der Waals surface area contributed by atoms with E-state index in [1.165, 1.54) is 11.1 Å². The smallest absolute Gasteiger partial charge is 0.124 e.